The molecule has 1 saturated carbocycles. The summed E-state index contributed by atoms with van der Waals surface area (Å²) >= 11 is 0. The van der Waals surface area contributed by atoms with Gasteiger partial charge < -0.3 is 10.2 Å². The Labute approximate surface area is 73.9 Å². The SMILES string of the molecule is CCC1CC1NC1=NCCN1C. The summed E-state index contributed by atoms with van der Waals surface area (Å²) in [6.45, 7) is 4.29. The molecule has 0 amide bonds. The van der Waals surface area contributed by atoms with Crippen LogP contribution in [-0.2, 0) is 0 Å². The van der Waals surface area contributed by atoms with E-state index in [4.69, 9.17) is 0 Å². The minimum Gasteiger partial charge on any atom is -0.353 e. The summed E-state index contributed by atoms with van der Waals surface area (Å²) in [6, 6.07) is 0.717. The molecule has 0 aromatic rings. The van der Waals surface area contributed by atoms with Crippen LogP contribution in [0.15, 0.2) is 4.99 Å². The van der Waals surface area contributed by atoms with E-state index < -0.39 is 0 Å². The highest BCUT2D eigenvalue weighted by Gasteiger charge is 2.36. The maximum atomic E-state index is 4.40. The van der Waals surface area contributed by atoms with Gasteiger partial charge in [-0.15, -0.1) is 0 Å². The fourth-order valence-electron chi connectivity index (χ4n) is 1.73. The van der Waals surface area contributed by atoms with Gasteiger partial charge in [0.15, 0.2) is 5.96 Å². The van der Waals surface area contributed by atoms with Crippen molar-refractivity contribution in [2.45, 2.75) is 25.8 Å². The lowest BCUT2D eigenvalue weighted by molar-refractivity contribution is 0.529. The summed E-state index contributed by atoms with van der Waals surface area (Å²) < 4.78 is 0. The normalized spacial score (nSPS) is 33.5. The molecule has 0 radical (unpaired) electrons. The fraction of sp³-hybridized carbons (Fsp3) is 0.889. The van der Waals surface area contributed by atoms with Crippen LogP contribution in [-0.4, -0.2) is 37.0 Å². The van der Waals surface area contributed by atoms with Gasteiger partial charge in [0.1, 0.15) is 0 Å². The molecule has 0 aromatic heterocycles. The zero-order valence-electron chi connectivity index (χ0n) is 7.88. The number of nitrogens with zero attached hydrogens (tertiary/aromatic N) is 2. The van der Waals surface area contributed by atoms with Gasteiger partial charge in [-0.25, -0.2) is 0 Å². The second kappa shape index (κ2) is 2.96. The first-order chi connectivity index (χ1) is 5.81. The van der Waals surface area contributed by atoms with Crippen LogP contribution in [0.4, 0.5) is 0 Å². The Balaban J connectivity index is 1.80. The fourth-order valence-corrected chi connectivity index (χ4v) is 1.73. The molecule has 12 heavy (non-hydrogen) atoms. The molecule has 68 valence electrons. The highest BCUT2D eigenvalue weighted by Crippen LogP contribution is 2.33. The van der Waals surface area contributed by atoms with Gasteiger partial charge in [0.2, 0.25) is 0 Å². The van der Waals surface area contributed by atoms with E-state index in [0.717, 1.165) is 25.0 Å². The maximum Gasteiger partial charge on any atom is 0.194 e. The largest absolute Gasteiger partial charge is 0.353 e. The number of rotatable bonds is 2. The Bertz CT molecular complexity index is 200. The Hall–Kier alpha value is -0.730. The first kappa shape index (κ1) is 7.90. The smallest absolute Gasteiger partial charge is 0.194 e. The molecule has 1 N–H and O–H groups in total. The molecule has 1 heterocycles. The summed E-state index contributed by atoms with van der Waals surface area (Å²) in [5.41, 5.74) is 0. The Morgan fingerprint density at radius 1 is 1.67 bits per heavy atom. The van der Waals surface area contributed by atoms with E-state index in [-0.39, 0.29) is 0 Å². The Morgan fingerprint density at radius 2 is 2.50 bits per heavy atom. The van der Waals surface area contributed by atoms with Crippen molar-refractivity contribution in [3.05, 3.63) is 0 Å². The summed E-state index contributed by atoms with van der Waals surface area (Å²) in [5, 5.41) is 3.48. The van der Waals surface area contributed by atoms with Crippen molar-refractivity contribution in [2.24, 2.45) is 10.9 Å². The van der Waals surface area contributed by atoms with Gasteiger partial charge in [-0.2, -0.15) is 0 Å². The molecule has 1 aliphatic carbocycles. The molecule has 2 unspecified atom stereocenters. The molecular weight excluding hydrogens is 150 g/mol. The molecule has 1 fully saturated rings. The van der Waals surface area contributed by atoms with E-state index in [1.54, 1.807) is 0 Å². The van der Waals surface area contributed by atoms with E-state index >= 15 is 0 Å². The molecule has 2 aliphatic rings. The van der Waals surface area contributed by atoms with Crippen LogP contribution in [0.5, 0.6) is 0 Å². The highest BCUT2D eigenvalue weighted by molar-refractivity contribution is 5.81. The third kappa shape index (κ3) is 1.40. The van der Waals surface area contributed by atoms with E-state index in [2.05, 4.69) is 29.2 Å². The molecule has 2 rings (SSSR count). The predicted molar refractivity (Wildman–Crippen MR) is 50.3 cm³/mol. The first-order valence-corrected chi connectivity index (χ1v) is 4.83. The summed E-state index contributed by atoms with van der Waals surface area (Å²) in [4.78, 5) is 6.60. The van der Waals surface area contributed by atoms with Crippen molar-refractivity contribution in [3.63, 3.8) is 0 Å². The van der Waals surface area contributed by atoms with Gasteiger partial charge in [0.05, 0.1) is 6.54 Å². The van der Waals surface area contributed by atoms with E-state index in [9.17, 15) is 0 Å². The van der Waals surface area contributed by atoms with Crippen LogP contribution in [0.25, 0.3) is 0 Å². The van der Waals surface area contributed by atoms with Crippen molar-refractivity contribution in [2.75, 3.05) is 20.1 Å². The van der Waals surface area contributed by atoms with Crippen LogP contribution < -0.4 is 5.32 Å². The number of nitrogens with one attached hydrogen (secondary N) is 1. The molecule has 0 spiro atoms. The van der Waals surface area contributed by atoms with Crippen molar-refractivity contribution in [1.29, 1.82) is 0 Å². The van der Waals surface area contributed by atoms with Crippen molar-refractivity contribution >= 4 is 5.96 Å². The van der Waals surface area contributed by atoms with E-state index in [1.165, 1.54) is 12.8 Å². The lowest BCUT2D eigenvalue weighted by Crippen LogP contribution is -2.37. The Kier molecular flexibility index (Phi) is 1.95. The maximum absolute atomic E-state index is 4.40. The minimum atomic E-state index is 0.717. The van der Waals surface area contributed by atoms with Crippen LogP contribution >= 0.6 is 0 Å². The zero-order valence-corrected chi connectivity index (χ0v) is 7.88. The molecule has 0 bridgehead atoms. The highest BCUT2D eigenvalue weighted by atomic mass is 15.3. The standard InChI is InChI=1S/C9H17N3/c1-3-7-6-8(7)11-9-10-4-5-12(9)2/h7-8H,3-6H2,1-2H3,(H,10,11). The summed E-state index contributed by atoms with van der Waals surface area (Å²) in [5.74, 6) is 2.01. The minimum absolute atomic E-state index is 0.717. The van der Waals surface area contributed by atoms with Gasteiger partial charge in [-0.05, 0) is 12.3 Å². The number of hydrogen-bond donors (Lipinski definition) is 1. The second-order valence-electron chi connectivity index (χ2n) is 3.78. The second-order valence-corrected chi connectivity index (χ2v) is 3.78. The van der Waals surface area contributed by atoms with Gasteiger partial charge in [0, 0.05) is 19.6 Å². The molecule has 3 heteroatoms. The lowest BCUT2D eigenvalue weighted by atomic mass is 10.3. The number of likely N-dealkylation sites (N-methyl/N-ethyl adjacent to an activating group) is 1. The average Bonchev–Trinajstić information content (AvgIpc) is 2.70. The molecular formula is C9H17N3. The van der Waals surface area contributed by atoms with Crippen LogP contribution in [0, 0.1) is 5.92 Å². The third-order valence-corrected chi connectivity index (χ3v) is 2.82. The first-order valence-electron chi connectivity index (χ1n) is 4.83. The monoisotopic (exact) mass is 167 g/mol. The zero-order chi connectivity index (χ0) is 8.55. The number of aliphatic imine (C=N–C) groups is 1. The van der Waals surface area contributed by atoms with Gasteiger partial charge in [-0.3, -0.25) is 4.99 Å². The topological polar surface area (TPSA) is 27.6 Å². The number of hydrogen-bond acceptors (Lipinski definition) is 3. The third-order valence-electron chi connectivity index (χ3n) is 2.82. The average molecular weight is 167 g/mol. The van der Waals surface area contributed by atoms with Crippen molar-refractivity contribution < 1.29 is 0 Å². The Morgan fingerprint density at radius 3 is 3.00 bits per heavy atom. The van der Waals surface area contributed by atoms with E-state index in [0.29, 0.717) is 6.04 Å². The molecule has 2 atom stereocenters. The van der Waals surface area contributed by atoms with Crippen LogP contribution in [0.2, 0.25) is 0 Å². The van der Waals surface area contributed by atoms with Crippen LogP contribution in [0.1, 0.15) is 19.8 Å². The van der Waals surface area contributed by atoms with Crippen LogP contribution in [0.3, 0.4) is 0 Å². The molecule has 1 aliphatic heterocycles. The quantitative estimate of drug-likeness (QED) is 0.655. The summed E-state index contributed by atoms with van der Waals surface area (Å²) in [7, 11) is 2.10. The number of guanidine groups is 1. The van der Waals surface area contributed by atoms with Gasteiger partial charge in [-0.1, -0.05) is 13.3 Å². The van der Waals surface area contributed by atoms with Crippen molar-refractivity contribution in [3.8, 4) is 0 Å². The molecule has 3 nitrogen and oxygen atoms in total. The molecule has 0 aromatic carbocycles. The lowest BCUT2D eigenvalue weighted by Gasteiger charge is -2.14. The van der Waals surface area contributed by atoms with Crippen molar-refractivity contribution in [1.82, 2.24) is 10.2 Å². The molecule has 0 saturated heterocycles. The summed E-state index contributed by atoms with van der Waals surface area (Å²) in [6.07, 6.45) is 2.64. The van der Waals surface area contributed by atoms with E-state index in [1.807, 2.05) is 0 Å². The van der Waals surface area contributed by atoms with Gasteiger partial charge >= 0.3 is 0 Å². The van der Waals surface area contributed by atoms with Gasteiger partial charge in [0.25, 0.3) is 0 Å². The predicted octanol–water partition coefficient (Wildman–Crippen LogP) is 0.676.